The van der Waals surface area contributed by atoms with Gasteiger partial charge in [0.05, 0.1) is 6.92 Å². The molecule has 1 saturated heterocycles. The summed E-state index contributed by atoms with van der Waals surface area (Å²) in [7, 11) is 0. The van der Waals surface area contributed by atoms with Crippen LogP contribution in [0.4, 0.5) is 0 Å². The van der Waals surface area contributed by atoms with Gasteiger partial charge in [0.2, 0.25) is 0 Å². The maximum atomic E-state index is 3.88. The zero-order chi connectivity index (χ0) is 4.41. The molecule has 0 saturated carbocycles. The molecule has 1 unspecified atom stereocenters. The molecule has 0 aliphatic carbocycles. The van der Waals surface area contributed by atoms with Crippen molar-refractivity contribution < 1.29 is 0 Å². The summed E-state index contributed by atoms with van der Waals surface area (Å²) < 4.78 is 0. The van der Waals surface area contributed by atoms with Gasteiger partial charge >= 0.3 is 0 Å². The molecule has 1 nitrogen and oxygen atoms in total. The van der Waals surface area contributed by atoms with Crippen molar-refractivity contribution in [2.24, 2.45) is 5.92 Å². The van der Waals surface area contributed by atoms with Crippen LogP contribution in [0, 0.1) is 12.8 Å². The van der Waals surface area contributed by atoms with E-state index in [0.29, 0.717) is 5.92 Å². The summed E-state index contributed by atoms with van der Waals surface area (Å²) in [5.41, 5.74) is 0. The van der Waals surface area contributed by atoms with Crippen molar-refractivity contribution in [2.75, 3.05) is 13.1 Å². The molecule has 1 heterocycles. The molecule has 1 N–H and O–H groups in total. The molecule has 34 valence electrons. The first-order valence-corrected chi connectivity index (χ1v) is 2.43. The van der Waals surface area contributed by atoms with E-state index in [9.17, 15) is 0 Å². The molecule has 0 radical (unpaired) electrons. The second-order valence-electron chi connectivity index (χ2n) is 1.86. The molecule has 1 fully saturated rings. The highest BCUT2D eigenvalue weighted by Crippen LogP contribution is 2.02. The van der Waals surface area contributed by atoms with Gasteiger partial charge in [-0.2, -0.15) is 0 Å². The van der Waals surface area contributed by atoms with E-state index in [2.05, 4.69) is 12.2 Å². The van der Waals surface area contributed by atoms with Gasteiger partial charge in [0, 0.05) is 13.0 Å². The van der Waals surface area contributed by atoms with Gasteiger partial charge in [0.15, 0.2) is 0 Å². The normalized spacial score (nSPS) is 34.3. The molecule has 1 rings (SSSR count). The first-order chi connectivity index (χ1) is 2.89. The maximum absolute atomic E-state index is 3.88. The van der Waals surface area contributed by atoms with Gasteiger partial charge in [-0.3, -0.25) is 0 Å². The van der Waals surface area contributed by atoms with E-state index < -0.39 is 0 Å². The second-order valence-corrected chi connectivity index (χ2v) is 1.86. The largest absolute Gasteiger partial charge is 0.312 e. The lowest BCUT2D eigenvalue weighted by atomic mass is 10.2. The quantitative estimate of drug-likeness (QED) is 0.420. The zero-order valence-electron chi connectivity index (χ0n) is 3.91. The Bertz CT molecular complexity index is 37.2. The van der Waals surface area contributed by atoms with Crippen molar-refractivity contribution in [2.45, 2.75) is 6.42 Å². The van der Waals surface area contributed by atoms with Crippen molar-refractivity contribution in [1.82, 2.24) is 5.32 Å². The van der Waals surface area contributed by atoms with Gasteiger partial charge in [-0.25, -0.2) is 0 Å². The summed E-state index contributed by atoms with van der Waals surface area (Å²) >= 11 is 0. The van der Waals surface area contributed by atoms with E-state index in [0.717, 1.165) is 6.54 Å². The Morgan fingerprint density at radius 2 is 2.50 bits per heavy atom. The second kappa shape index (κ2) is 1.52. The van der Waals surface area contributed by atoms with Gasteiger partial charge in [0.25, 0.3) is 0 Å². The summed E-state index contributed by atoms with van der Waals surface area (Å²) in [5.74, 6) is 0.685. The highest BCUT2D eigenvalue weighted by Gasteiger charge is 2.12. The lowest BCUT2D eigenvalue weighted by Crippen LogP contribution is -2.06. The molecule has 0 bridgehead atoms. The smallest absolute Gasteiger partial charge is 0.109 e. The van der Waals surface area contributed by atoms with Crippen LogP contribution in [0.1, 0.15) is 6.42 Å². The summed E-state index contributed by atoms with van der Waals surface area (Å²) in [5, 5.41) is 3.21. The fourth-order valence-electron chi connectivity index (χ4n) is 0.714. The Morgan fingerprint density at radius 1 is 1.67 bits per heavy atom. The van der Waals surface area contributed by atoms with Crippen molar-refractivity contribution in [3.63, 3.8) is 0 Å². The Labute approximate surface area is 38.7 Å². The Hall–Kier alpha value is -0.170. The third-order valence-electron chi connectivity index (χ3n) is 1.16. The molecule has 0 aromatic rings. The molecule has 0 amide bonds. The first-order valence-electron chi connectivity index (χ1n) is 2.43. The summed E-state index contributed by atoms with van der Waals surface area (Å²) in [6.07, 6.45) is 1.26. The molecule has 0 aromatic heterocycles. The number of nitrogens with one attached hydrogen (secondary N) is 1. The predicted molar refractivity (Wildman–Crippen MR) is 26.3 cm³/mol. The molecule has 1 aliphatic rings. The molecular formula is C5H10N+. The lowest BCUT2D eigenvalue weighted by molar-refractivity contribution is 0.724. The average molecular weight is 84.1 g/mol. The highest BCUT2D eigenvalue weighted by atomic mass is 14.9. The fourth-order valence-corrected chi connectivity index (χ4v) is 0.714. The van der Waals surface area contributed by atoms with Crippen molar-refractivity contribution in [3.05, 3.63) is 6.92 Å². The molecule has 0 aromatic carbocycles. The summed E-state index contributed by atoms with van der Waals surface area (Å²) in [6, 6.07) is 0. The topological polar surface area (TPSA) is 12.0 Å². The Morgan fingerprint density at radius 3 is 2.67 bits per heavy atom. The zero-order valence-corrected chi connectivity index (χ0v) is 3.91. The number of hydrogen-bond acceptors (Lipinski definition) is 1. The average Bonchev–Trinajstić information content (AvgIpc) is 1.86. The van der Waals surface area contributed by atoms with E-state index in [-0.39, 0.29) is 0 Å². The van der Waals surface area contributed by atoms with E-state index >= 15 is 0 Å². The van der Waals surface area contributed by atoms with Crippen LogP contribution in [0.25, 0.3) is 0 Å². The third-order valence-corrected chi connectivity index (χ3v) is 1.16. The van der Waals surface area contributed by atoms with Gasteiger partial charge in [-0.05, 0) is 6.54 Å². The molecular weight excluding hydrogens is 74.1 g/mol. The summed E-state index contributed by atoms with van der Waals surface area (Å²) in [6.45, 7) is 6.17. The first kappa shape index (κ1) is 4.00. The molecule has 6 heavy (non-hydrogen) atoms. The highest BCUT2D eigenvalue weighted by molar-refractivity contribution is 4.71. The Balaban J connectivity index is 2.18. The van der Waals surface area contributed by atoms with Crippen LogP contribution in [-0.2, 0) is 0 Å². The molecule has 1 atom stereocenters. The Kier molecular flexibility index (Phi) is 1.01. The number of hydrogen-bond donors (Lipinski definition) is 1. The van der Waals surface area contributed by atoms with Crippen LogP contribution >= 0.6 is 0 Å². The number of rotatable bonds is 0. The minimum absolute atomic E-state index is 0.685. The fraction of sp³-hybridized carbons (Fsp3) is 0.800. The van der Waals surface area contributed by atoms with Gasteiger partial charge in [-0.15, -0.1) is 0 Å². The van der Waals surface area contributed by atoms with Gasteiger partial charge in [0.1, 0.15) is 5.92 Å². The van der Waals surface area contributed by atoms with Crippen LogP contribution in [0.5, 0.6) is 0 Å². The van der Waals surface area contributed by atoms with Crippen molar-refractivity contribution >= 4 is 0 Å². The van der Waals surface area contributed by atoms with E-state index in [1.807, 2.05) is 0 Å². The van der Waals surface area contributed by atoms with Crippen molar-refractivity contribution in [3.8, 4) is 0 Å². The van der Waals surface area contributed by atoms with Gasteiger partial charge < -0.3 is 5.32 Å². The standard InChI is InChI=1S/C5H10N/c1-5-2-3-6-4-5/h5-6H,1-4H2/q+1. The lowest BCUT2D eigenvalue weighted by Gasteiger charge is -1.81. The van der Waals surface area contributed by atoms with Crippen molar-refractivity contribution in [1.29, 1.82) is 0 Å². The van der Waals surface area contributed by atoms with Gasteiger partial charge in [-0.1, -0.05) is 0 Å². The van der Waals surface area contributed by atoms with Crippen LogP contribution in [0.2, 0.25) is 0 Å². The minimum Gasteiger partial charge on any atom is -0.312 e. The van der Waals surface area contributed by atoms with Crippen LogP contribution in [0.15, 0.2) is 0 Å². The molecule has 1 aliphatic heterocycles. The van der Waals surface area contributed by atoms with E-state index in [1.165, 1.54) is 13.0 Å². The maximum Gasteiger partial charge on any atom is 0.109 e. The molecule has 0 spiro atoms. The third kappa shape index (κ3) is 0.658. The van der Waals surface area contributed by atoms with Crippen LogP contribution < -0.4 is 5.32 Å². The monoisotopic (exact) mass is 84.1 g/mol. The molecule has 1 heteroatoms. The predicted octanol–water partition coefficient (Wildman–Crippen LogP) is 0.430. The van der Waals surface area contributed by atoms with E-state index in [1.54, 1.807) is 0 Å². The van der Waals surface area contributed by atoms with E-state index in [4.69, 9.17) is 0 Å². The van der Waals surface area contributed by atoms with Crippen LogP contribution in [0.3, 0.4) is 0 Å². The minimum atomic E-state index is 0.685. The SMILES string of the molecule is [CH2+]C1CCNC1. The van der Waals surface area contributed by atoms with Crippen LogP contribution in [-0.4, -0.2) is 13.1 Å². The summed E-state index contributed by atoms with van der Waals surface area (Å²) in [4.78, 5) is 0.